The SMILES string of the molecule is COCC1CCCN1CC1CC(c2ccc(CO)cc2)OC(c2ccc(CNC(C)=O)cc2)O1. The molecule has 4 atom stereocenters. The van der Waals surface area contributed by atoms with E-state index in [1.54, 1.807) is 7.11 Å². The molecule has 0 aliphatic carbocycles. The molecule has 0 aromatic heterocycles. The van der Waals surface area contributed by atoms with Gasteiger partial charge in [0.2, 0.25) is 5.91 Å². The summed E-state index contributed by atoms with van der Waals surface area (Å²) in [5.74, 6) is -0.0467. The summed E-state index contributed by atoms with van der Waals surface area (Å²) in [6.07, 6.45) is 2.56. The smallest absolute Gasteiger partial charge is 0.217 e. The maximum atomic E-state index is 11.2. The second-order valence-corrected chi connectivity index (χ2v) is 9.25. The van der Waals surface area contributed by atoms with Crippen LogP contribution in [0.4, 0.5) is 0 Å². The van der Waals surface area contributed by atoms with E-state index in [1.807, 2.05) is 48.5 Å². The second kappa shape index (κ2) is 11.9. The van der Waals surface area contributed by atoms with E-state index in [9.17, 15) is 9.90 Å². The number of nitrogens with one attached hydrogen (secondary N) is 1. The molecule has 4 unspecified atom stereocenters. The Bertz CT molecular complexity index is 918. The van der Waals surface area contributed by atoms with E-state index in [1.165, 1.54) is 13.3 Å². The van der Waals surface area contributed by atoms with Crippen molar-refractivity contribution in [2.24, 2.45) is 0 Å². The number of carbonyl (C=O) groups excluding carboxylic acids is 1. The van der Waals surface area contributed by atoms with Gasteiger partial charge >= 0.3 is 0 Å². The largest absolute Gasteiger partial charge is 0.392 e. The van der Waals surface area contributed by atoms with Crippen LogP contribution in [-0.2, 0) is 32.2 Å². The molecule has 0 radical (unpaired) electrons. The molecule has 2 aliphatic heterocycles. The molecule has 0 spiro atoms. The summed E-state index contributed by atoms with van der Waals surface area (Å²) < 4.78 is 18.4. The third-order valence-electron chi connectivity index (χ3n) is 6.70. The standard InChI is InChI=1S/C27H36N2O5/c1-19(31)28-15-20-5-11-23(12-6-20)27-33-25(16-29-13-3-4-24(29)18-32-2)14-26(34-27)22-9-7-21(17-30)8-10-22/h5-12,24-27,30H,3-4,13-18H2,1-2H3,(H,28,31). The van der Waals surface area contributed by atoms with E-state index < -0.39 is 6.29 Å². The van der Waals surface area contributed by atoms with Gasteiger partial charge in [-0.1, -0.05) is 48.5 Å². The van der Waals surface area contributed by atoms with Gasteiger partial charge in [0, 0.05) is 45.1 Å². The zero-order chi connectivity index (χ0) is 23.9. The Morgan fingerprint density at radius 3 is 2.47 bits per heavy atom. The van der Waals surface area contributed by atoms with Crippen LogP contribution >= 0.6 is 0 Å². The first-order chi connectivity index (χ1) is 16.6. The number of nitrogens with zero attached hydrogens (tertiary/aromatic N) is 1. The minimum Gasteiger partial charge on any atom is -0.392 e. The molecule has 2 heterocycles. The summed E-state index contributed by atoms with van der Waals surface area (Å²) in [6, 6.07) is 16.4. The highest BCUT2D eigenvalue weighted by Crippen LogP contribution is 2.38. The predicted octanol–water partition coefficient (Wildman–Crippen LogP) is 3.47. The number of hydrogen-bond acceptors (Lipinski definition) is 6. The Kier molecular flexibility index (Phi) is 8.69. The molecule has 7 nitrogen and oxygen atoms in total. The minimum absolute atomic E-state index is 0.0257. The Hall–Kier alpha value is -2.29. The van der Waals surface area contributed by atoms with E-state index in [-0.39, 0.29) is 24.7 Å². The van der Waals surface area contributed by atoms with Crippen molar-refractivity contribution in [3.05, 3.63) is 70.8 Å². The predicted molar refractivity (Wildman–Crippen MR) is 129 cm³/mol. The van der Waals surface area contributed by atoms with E-state index in [0.717, 1.165) is 54.8 Å². The number of hydrogen-bond donors (Lipinski definition) is 2. The monoisotopic (exact) mass is 468 g/mol. The molecule has 2 N–H and O–H groups in total. The molecule has 2 saturated heterocycles. The lowest BCUT2D eigenvalue weighted by molar-refractivity contribution is -0.253. The highest BCUT2D eigenvalue weighted by atomic mass is 16.7. The van der Waals surface area contributed by atoms with Crippen molar-refractivity contribution < 1.29 is 24.1 Å². The van der Waals surface area contributed by atoms with Crippen LogP contribution in [0, 0.1) is 0 Å². The Morgan fingerprint density at radius 1 is 1.09 bits per heavy atom. The van der Waals surface area contributed by atoms with Crippen molar-refractivity contribution in [2.45, 2.75) is 63.9 Å². The van der Waals surface area contributed by atoms with Gasteiger partial charge in [0.1, 0.15) is 0 Å². The van der Waals surface area contributed by atoms with Crippen LogP contribution < -0.4 is 5.32 Å². The first kappa shape index (κ1) is 24.8. The fourth-order valence-corrected chi connectivity index (χ4v) is 4.83. The van der Waals surface area contributed by atoms with Gasteiger partial charge in [-0.25, -0.2) is 0 Å². The number of methoxy groups -OCH3 is 1. The molecule has 0 saturated carbocycles. The van der Waals surface area contributed by atoms with Crippen LogP contribution in [0.3, 0.4) is 0 Å². The first-order valence-corrected chi connectivity index (χ1v) is 12.1. The molecule has 2 aromatic carbocycles. The highest BCUT2D eigenvalue weighted by Gasteiger charge is 2.35. The quantitative estimate of drug-likeness (QED) is 0.587. The van der Waals surface area contributed by atoms with Crippen LogP contribution in [0.15, 0.2) is 48.5 Å². The van der Waals surface area contributed by atoms with Gasteiger partial charge in [-0.15, -0.1) is 0 Å². The molecule has 2 aromatic rings. The second-order valence-electron chi connectivity index (χ2n) is 9.25. The number of likely N-dealkylation sites (tertiary alicyclic amines) is 1. The number of rotatable bonds is 9. The van der Waals surface area contributed by atoms with E-state index in [0.29, 0.717) is 12.6 Å². The molecule has 2 aliphatic rings. The molecule has 1 amide bonds. The maximum Gasteiger partial charge on any atom is 0.217 e. The maximum absolute atomic E-state index is 11.2. The van der Waals surface area contributed by atoms with Crippen molar-refractivity contribution >= 4 is 5.91 Å². The van der Waals surface area contributed by atoms with Crippen LogP contribution in [0.25, 0.3) is 0 Å². The lowest BCUT2D eigenvalue weighted by Crippen LogP contribution is -2.42. The summed E-state index contributed by atoms with van der Waals surface area (Å²) >= 11 is 0. The van der Waals surface area contributed by atoms with Crippen LogP contribution in [0.5, 0.6) is 0 Å². The third-order valence-corrected chi connectivity index (χ3v) is 6.70. The van der Waals surface area contributed by atoms with Crippen LogP contribution in [0.1, 0.15) is 60.8 Å². The molecule has 0 bridgehead atoms. The minimum atomic E-state index is -0.473. The summed E-state index contributed by atoms with van der Waals surface area (Å²) in [4.78, 5) is 13.7. The van der Waals surface area contributed by atoms with E-state index in [2.05, 4.69) is 10.2 Å². The number of carbonyl (C=O) groups is 1. The molecular weight excluding hydrogens is 432 g/mol. The Morgan fingerprint density at radius 2 is 1.79 bits per heavy atom. The van der Waals surface area contributed by atoms with Gasteiger partial charge in [-0.3, -0.25) is 9.69 Å². The summed E-state index contributed by atoms with van der Waals surface area (Å²) in [6.45, 7) is 4.70. The number of benzene rings is 2. The number of amides is 1. The summed E-state index contributed by atoms with van der Waals surface area (Å²) in [5.41, 5.74) is 3.97. The number of aliphatic hydroxyl groups excluding tert-OH is 1. The fourth-order valence-electron chi connectivity index (χ4n) is 4.83. The van der Waals surface area contributed by atoms with Crippen molar-refractivity contribution in [1.29, 1.82) is 0 Å². The van der Waals surface area contributed by atoms with Gasteiger partial charge in [0.05, 0.1) is 25.4 Å². The number of aliphatic hydroxyl groups is 1. The van der Waals surface area contributed by atoms with Crippen LogP contribution in [-0.4, -0.2) is 54.9 Å². The molecule has 4 rings (SSSR count). The lowest BCUT2D eigenvalue weighted by atomic mass is 9.99. The zero-order valence-electron chi connectivity index (χ0n) is 20.1. The first-order valence-electron chi connectivity index (χ1n) is 12.1. The van der Waals surface area contributed by atoms with E-state index in [4.69, 9.17) is 14.2 Å². The number of ether oxygens (including phenoxy) is 3. The average molecular weight is 469 g/mol. The van der Waals surface area contributed by atoms with Crippen molar-refractivity contribution in [3.63, 3.8) is 0 Å². The fraction of sp³-hybridized carbons (Fsp3) is 0.519. The third kappa shape index (κ3) is 6.43. The molecule has 34 heavy (non-hydrogen) atoms. The van der Waals surface area contributed by atoms with Gasteiger partial charge in [-0.05, 0) is 36.1 Å². The molecule has 2 fully saturated rings. The van der Waals surface area contributed by atoms with E-state index >= 15 is 0 Å². The van der Waals surface area contributed by atoms with Crippen molar-refractivity contribution in [3.8, 4) is 0 Å². The topological polar surface area (TPSA) is 80.3 Å². The van der Waals surface area contributed by atoms with Crippen LogP contribution in [0.2, 0.25) is 0 Å². The van der Waals surface area contributed by atoms with Crippen molar-refractivity contribution in [2.75, 3.05) is 26.8 Å². The van der Waals surface area contributed by atoms with Gasteiger partial charge < -0.3 is 24.6 Å². The Labute approximate surface area is 202 Å². The molecule has 7 heteroatoms. The normalized spacial score (nSPS) is 25.4. The van der Waals surface area contributed by atoms with Gasteiger partial charge in [0.25, 0.3) is 0 Å². The Balaban J connectivity index is 1.50. The molecular formula is C27H36N2O5. The lowest BCUT2D eigenvalue weighted by Gasteiger charge is -2.38. The zero-order valence-corrected chi connectivity index (χ0v) is 20.1. The van der Waals surface area contributed by atoms with Gasteiger partial charge in [-0.2, -0.15) is 0 Å². The molecule has 184 valence electrons. The summed E-state index contributed by atoms with van der Waals surface area (Å²) in [5, 5.41) is 12.2. The highest BCUT2D eigenvalue weighted by molar-refractivity contribution is 5.72. The average Bonchev–Trinajstić information content (AvgIpc) is 3.29. The van der Waals surface area contributed by atoms with Crippen molar-refractivity contribution in [1.82, 2.24) is 10.2 Å². The summed E-state index contributed by atoms with van der Waals surface area (Å²) in [7, 11) is 1.76. The van der Waals surface area contributed by atoms with Gasteiger partial charge in [0.15, 0.2) is 6.29 Å².